The molecule has 2 heterocycles. The van der Waals surface area contributed by atoms with E-state index < -0.39 is 5.54 Å². The molecule has 0 radical (unpaired) electrons. The molecule has 5 heteroatoms. The van der Waals surface area contributed by atoms with Crippen LogP contribution in [-0.2, 0) is 19.1 Å². The highest BCUT2D eigenvalue weighted by atomic mass is 16.5. The van der Waals surface area contributed by atoms with Crippen molar-refractivity contribution in [2.75, 3.05) is 6.54 Å². The lowest BCUT2D eigenvalue weighted by atomic mass is 9.84. The topological polar surface area (TPSA) is 55.8 Å². The van der Waals surface area contributed by atoms with Crippen molar-refractivity contribution in [1.29, 1.82) is 0 Å². The number of hydrogen-bond acceptors (Lipinski definition) is 5. The molecular formula is C17H25NO4. The monoisotopic (exact) mass is 307 g/mol. The minimum atomic E-state index is -0.774. The second kappa shape index (κ2) is 6.55. The van der Waals surface area contributed by atoms with Gasteiger partial charge in [-0.2, -0.15) is 0 Å². The van der Waals surface area contributed by atoms with Gasteiger partial charge in [-0.1, -0.05) is 0 Å². The first-order chi connectivity index (χ1) is 10.3. The Balaban J connectivity index is 2.23. The summed E-state index contributed by atoms with van der Waals surface area (Å²) in [6, 6.07) is 0. The molecule has 2 rings (SSSR count). The number of fused-ring (bicyclic) bond motifs is 1. The molecule has 122 valence electrons. The fraction of sp³-hybridized carbons (Fsp3) is 0.647. The second-order valence-corrected chi connectivity index (χ2v) is 6.40. The van der Waals surface area contributed by atoms with Crippen LogP contribution >= 0.6 is 0 Å². The summed E-state index contributed by atoms with van der Waals surface area (Å²) in [6.45, 7) is 8.05. The third-order valence-corrected chi connectivity index (χ3v) is 3.83. The fourth-order valence-corrected chi connectivity index (χ4v) is 2.82. The molecule has 0 aromatic rings. The summed E-state index contributed by atoms with van der Waals surface area (Å²) >= 11 is 0. The number of nitrogens with zero attached hydrogens (tertiary/aromatic N) is 1. The Labute approximate surface area is 131 Å². The Bertz CT molecular complexity index is 507. The maximum absolute atomic E-state index is 12.6. The van der Waals surface area contributed by atoms with E-state index in [0.29, 0.717) is 12.0 Å². The standard InChI is InChI=1S/C17H25NO4/c1-12(2)21-15(19)14-7-9-17(16(20)22-13(3)4)8-5-6-10-18(17)11-14/h7,9,11-13H,5-6,8,10H2,1-4H3. The van der Waals surface area contributed by atoms with E-state index in [9.17, 15) is 9.59 Å². The molecule has 0 aliphatic carbocycles. The zero-order valence-electron chi connectivity index (χ0n) is 13.8. The van der Waals surface area contributed by atoms with Gasteiger partial charge in [-0.15, -0.1) is 0 Å². The summed E-state index contributed by atoms with van der Waals surface area (Å²) in [5.74, 6) is -0.603. The first-order valence-electron chi connectivity index (χ1n) is 7.95. The molecule has 0 aromatic carbocycles. The maximum Gasteiger partial charge on any atom is 0.339 e. The third kappa shape index (κ3) is 3.34. The van der Waals surface area contributed by atoms with Gasteiger partial charge in [0.1, 0.15) is 0 Å². The number of ether oxygens (including phenoxy) is 2. The van der Waals surface area contributed by atoms with Crippen LogP contribution in [0.5, 0.6) is 0 Å². The average molecular weight is 307 g/mol. The van der Waals surface area contributed by atoms with Gasteiger partial charge in [0, 0.05) is 12.7 Å². The van der Waals surface area contributed by atoms with Crippen LogP contribution in [0.15, 0.2) is 23.9 Å². The van der Waals surface area contributed by atoms with Gasteiger partial charge in [0.05, 0.1) is 17.8 Å². The number of carbonyl (C=O) groups is 2. The number of esters is 2. The van der Waals surface area contributed by atoms with Gasteiger partial charge in [-0.3, -0.25) is 0 Å². The van der Waals surface area contributed by atoms with Crippen molar-refractivity contribution >= 4 is 11.9 Å². The van der Waals surface area contributed by atoms with Gasteiger partial charge in [-0.25, -0.2) is 9.59 Å². The first-order valence-corrected chi connectivity index (χ1v) is 7.95. The molecule has 1 fully saturated rings. The predicted octanol–water partition coefficient (Wildman–Crippen LogP) is 2.57. The van der Waals surface area contributed by atoms with Gasteiger partial charge in [0.2, 0.25) is 0 Å². The molecule has 1 atom stereocenters. The summed E-state index contributed by atoms with van der Waals surface area (Å²) in [7, 11) is 0. The van der Waals surface area contributed by atoms with E-state index in [2.05, 4.69) is 0 Å². The summed E-state index contributed by atoms with van der Waals surface area (Å²) in [5, 5.41) is 0. The lowest BCUT2D eigenvalue weighted by Gasteiger charge is -2.45. The van der Waals surface area contributed by atoms with Crippen LogP contribution in [0.1, 0.15) is 47.0 Å². The molecular weight excluding hydrogens is 282 g/mol. The molecule has 0 aromatic heterocycles. The van der Waals surface area contributed by atoms with Crippen LogP contribution in [0.2, 0.25) is 0 Å². The molecule has 1 saturated heterocycles. The maximum atomic E-state index is 12.6. The number of piperidine rings is 1. The highest BCUT2D eigenvalue weighted by Crippen LogP contribution is 2.35. The summed E-state index contributed by atoms with van der Waals surface area (Å²) in [4.78, 5) is 26.5. The van der Waals surface area contributed by atoms with Crippen LogP contribution in [-0.4, -0.2) is 41.1 Å². The van der Waals surface area contributed by atoms with Crippen LogP contribution < -0.4 is 0 Å². The fourth-order valence-electron chi connectivity index (χ4n) is 2.82. The molecule has 0 spiro atoms. The third-order valence-electron chi connectivity index (χ3n) is 3.83. The average Bonchev–Trinajstić information content (AvgIpc) is 2.45. The van der Waals surface area contributed by atoms with Crippen molar-refractivity contribution < 1.29 is 19.1 Å². The lowest BCUT2D eigenvalue weighted by molar-refractivity contribution is -0.159. The number of carbonyl (C=O) groups excluding carboxylic acids is 2. The van der Waals surface area contributed by atoms with Crippen molar-refractivity contribution in [3.63, 3.8) is 0 Å². The van der Waals surface area contributed by atoms with Gasteiger partial charge in [0.25, 0.3) is 0 Å². The molecule has 0 bridgehead atoms. The Morgan fingerprint density at radius 2 is 1.82 bits per heavy atom. The van der Waals surface area contributed by atoms with Crippen LogP contribution in [0.3, 0.4) is 0 Å². The summed E-state index contributed by atoms with van der Waals surface area (Å²) in [6.07, 6.45) is 7.57. The van der Waals surface area contributed by atoms with Crippen molar-refractivity contribution in [3.8, 4) is 0 Å². The molecule has 2 aliphatic heterocycles. The van der Waals surface area contributed by atoms with Crippen molar-refractivity contribution in [3.05, 3.63) is 23.9 Å². The number of hydrogen-bond donors (Lipinski definition) is 0. The summed E-state index contributed by atoms with van der Waals surface area (Å²) < 4.78 is 10.7. The predicted molar refractivity (Wildman–Crippen MR) is 83.0 cm³/mol. The number of rotatable bonds is 4. The molecule has 5 nitrogen and oxygen atoms in total. The van der Waals surface area contributed by atoms with Gasteiger partial charge in [0.15, 0.2) is 5.54 Å². The molecule has 1 unspecified atom stereocenters. The smallest absolute Gasteiger partial charge is 0.339 e. The van der Waals surface area contributed by atoms with Gasteiger partial charge in [-0.05, 0) is 59.1 Å². The van der Waals surface area contributed by atoms with Crippen molar-refractivity contribution in [2.24, 2.45) is 0 Å². The lowest BCUT2D eigenvalue weighted by Crippen LogP contribution is -2.56. The largest absolute Gasteiger partial charge is 0.461 e. The van der Waals surface area contributed by atoms with Crippen LogP contribution in [0.4, 0.5) is 0 Å². The first kappa shape index (κ1) is 16.6. The second-order valence-electron chi connectivity index (χ2n) is 6.40. The van der Waals surface area contributed by atoms with E-state index in [0.717, 1.165) is 19.4 Å². The van der Waals surface area contributed by atoms with E-state index in [4.69, 9.17) is 9.47 Å². The quantitative estimate of drug-likeness (QED) is 0.747. The Kier molecular flexibility index (Phi) is 4.94. The zero-order chi connectivity index (χ0) is 16.3. The minimum Gasteiger partial charge on any atom is -0.461 e. The molecule has 2 aliphatic rings. The van der Waals surface area contributed by atoms with Gasteiger partial charge < -0.3 is 14.4 Å². The highest BCUT2D eigenvalue weighted by Gasteiger charge is 2.46. The van der Waals surface area contributed by atoms with Crippen molar-refractivity contribution in [2.45, 2.75) is 64.7 Å². The zero-order valence-corrected chi connectivity index (χ0v) is 13.8. The summed E-state index contributed by atoms with van der Waals surface area (Å²) in [5.41, 5.74) is -0.298. The highest BCUT2D eigenvalue weighted by molar-refractivity contribution is 5.94. The van der Waals surface area contributed by atoms with E-state index in [-0.39, 0.29) is 24.1 Å². The molecule has 0 amide bonds. The Morgan fingerprint density at radius 3 is 2.45 bits per heavy atom. The van der Waals surface area contributed by atoms with Gasteiger partial charge >= 0.3 is 11.9 Å². The Hall–Kier alpha value is -1.78. The molecule has 22 heavy (non-hydrogen) atoms. The molecule has 0 N–H and O–H groups in total. The molecule has 0 saturated carbocycles. The minimum absolute atomic E-state index is 0.157. The normalized spacial score (nSPS) is 24.1. The van der Waals surface area contributed by atoms with Crippen molar-refractivity contribution in [1.82, 2.24) is 4.90 Å². The van der Waals surface area contributed by atoms with E-state index in [1.54, 1.807) is 18.4 Å². The van der Waals surface area contributed by atoms with E-state index in [1.807, 2.05) is 32.6 Å². The van der Waals surface area contributed by atoms with E-state index in [1.165, 1.54) is 0 Å². The SMILES string of the molecule is CC(C)OC(=O)C1=CN2CCCCC2(C(=O)OC(C)C)C=C1. The van der Waals surface area contributed by atoms with Crippen LogP contribution in [0, 0.1) is 0 Å². The van der Waals surface area contributed by atoms with E-state index >= 15 is 0 Å². The Morgan fingerprint density at radius 1 is 1.14 bits per heavy atom. The van der Waals surface area contributed by atoms with Crippen LogP contribution in [0.25, 0.3) is 0 Å².